The first kappa shape index (κ1) is 22.3. The lowest BCUT2D eigenvalue weighted by atomic mass is 9.97. The predicted octanol–water partition coefficient (Wildman–Crippen LogP) is 4.64. The van der Waals surface area contributed by atoms with Gasteiger partial charge in [-0.3, -0.25) is 14.9 Å². The summed E-state index contributed by atoms with van der Waals surface area (Å²) >= 11 is 0. The zero-order valence-electron chi connectivity index (χ0n) is 19.1. The van der Waals surface area contributed by atoms with Crippen molar-refractivity contribution in [1.82, 2.24) is 4.90 Å². The van der Waals surface area contributed by atoms with E-state index in [0.717, 1.165) is 16.8 Å². The molecular weight excluding hydrogens is 446 g/mol. The van der Waals surface area contributed by atoms with Crippen molar-refractivity contribution < 1.29 is 14.1 Å². The van der Waals surface area contributed by atoms with E-state index in [4.69, 9.17) is 4.42 Å². The molecule has 0 aliphatic carbocycles. The number of hydrogen-bond acceptors (Lipinski definition) is 6. The molecule has 3 aromatic carbocycles. The fraction of sp³-hybridized carbons (Fsp3) is 0.185. The summed E-state index contributed by atoms with van der Waals surface area (Å²) in [7, 11) is 0. The molecule has 1 aliphatic rings. The molecule has 2 heterocycles. The maximum Gasteiger partial charge on any atom is 0.344 e. The van der Waals surface area contributed by atoms with Gasteiger partial charge >= 0.3 is 5.63 Å². The fourth-order valence-corrected chi connectivity index (χ4v) is 4.45. The summed E-state index contributed by atoms with van der Waals surface area (Å²) in [6.45, 7) is 3.96. The Hall–Kier alpha value is -4.46. The molecule has 1 aliphatic heterocycles. The largest absolute Gasteiger partial charge is 0.416 e. The fourth-order valence-electron chi connectivity index (χ4n) is 4.45. The number of piperazine rings is 1. The van der Waals surface area contributed by atoms with E-state index in [9.17, 15) is 19.7 Å². The second kappa shape index (κ2) is 9.06. The van der Waals surface area contributed by atoms with Gasteiger partial charge in [-0.1, -0.05) is 48.0 Å². The van der Waals surface area contributed by atoms with Crippen molar-refractivity contribution in [1.29, 1.82) is 0 Å². The molecule has 1 saturated heterocycles. The summed E-state index contributed by atoms with van der Waals surface area (Å²) in [4.78, 5) is 40.6. The molecule has 35 heavy (non-hydrogen) atoms. The number of rotatable bonds is 4. The highest BCUT2D eigenvalue weighted by Crippen LogP contribution is 2.32. The maximum atomic E-state index is 13.6. The van der Waals surface area contributed by atoms with Crippen LogP contribution in [0.2, 0.25) is 0 Å². The van der Waals surface area contributed by atoms with Crippen LogP contribution in [0.15, 0.2) is 82.0 Å². The number of carbonyl (C=O) groups is 1. The Morgan fingerprint density at radius 2 is 1.51 bits per heavy atom. The van der Waals surface area contributed by atoms with Crippen molar-refractivity contribution in [3.8, 4) is 11.1 Å². The van der Waals surface area contributed by atoms with Crippen LogP contribution in [0.3, 0.4) is 0 Å². The van der Waals surface area contributed by atoms with Gasteiger partial charge in [0.25, 0.3) is 11.6 Å². The highest BCUT2D eigenvalue weighted by molar-refractivity contribution is 6.07. The Bertz CT molecular complexity index is 1470. The Kier molecular flexibility index (Phi) is 5.78. The van der Waals surface area contributed by atoms with Crippen molar-refractivity contribution in [2.45, 2.75) is 6.92 Å². The van der Waals surface area contributed by atoms with Crippen molar-refractivity contribution in [3.05, 3.63) is 105 Å². The topological polar surface area (TPSA) is 96.9 Å². The zero-order valence-corrected chi connectivity index (χ0v) is 19.1. The molecule has 8 heteroatoms. The van der Waals surface area contributed by atoms with Crippen molar-refractivity contribution in [2.24, 2.45) is 0 Å². The Morgan fingerprint density at radius 3 is 2.14 bits per heavy atom. The molecule has 0 bridgehead atoms. The van der Waals surface area contributed by atoms with Gasteiger partial charge in [-0.05, 0) is 30.7 Å². The average molecular weight is 469 g/mol. The van der Waals surface area contributed by atoms with Crippen LogP contribution < -0.4 is 10.5 Å². The van der Waals surface area contributed by atoms with Gasteiger partial charge < -0.3 is 14.2 Å². The number of hydrogen-bond donors (Lipinski definition) is 0. The van der Waals surface area contributed by atoms with Crippen molar-refractivity contribution >= 4 is 28.1 Å². The van der Waals surface area contributed by atoms with Gasteiger partial charge in [0.2, 0.25) is 5.76 Å². The number of benzene rings is 3. The predicted molar refractivity (Wildman–Crippen MR) is 134 cm³/mol. The highest BCUT2D eigenvalue weighted by atomic mass is 16.6. The van der Waals surface area contributed by atoms with E-state index in [1.165, 1.54) is 12.1 Å². The molecule has 0 unspecified atom stereocenters. The van der Waals surface area contributed by atoms with E-state index in [-0.39, 0.29) is 17.4 Å². The number of fused-ring (bicyclic) bond motifs is 1. The third kappa shape index (κ3) is 4.26. The molecule has 176 valence electrons. The summed E-state index contributed by atoms with van der Waals surface area (Å²) in [5.41, 5.74) is 2.87. The number of nitrogens with zero attached hydrogens (tertiary/aromatic N) is 3. The summed E-state index contributed by atoms with van der Waals surface area (Å²) in [6.07, 6.45) is 0. The third-order valence-corrected chi connectivity index (χ3v) is 6.37. The number of anilines is 1. The van der Waals surface area contributed by atoms with Crippen LogP contribution in [0.25, 0.3) is 21.9 Å². The summed E-state index contributed by atoms with van der Waals surface area (Å²) < 4.78 is 5.64. The first-order chi connectivity index (χ1) is 16.9. The Labute approximate surface area is 201 Å². The van der Waals surface area contributed by atoms with Crippen LogP contribution in [-0.4, -0.2) is 41.9 Å². The lowest BCUT2D eigenvalue weighted by molar-refractivity contribution is -0.384. The number of non-ortho nitro benzene ring substituents is 1. The minimum absolute atomic E-state index is 0.0394. The Morgan fingerprint density at radius 1 is 0.886 bits per heavy atom. The van der Waals surface area contributed by atoms with E-state index in [1.54, 1.807) is 29.2 Å². The lowest BCUT2D eigenvalue weighted by Gasteiger charge is -2.36. The van der Waals surface area contributed by atoms with Crippen molar-refractivity contribution in [3.63, 3.8) is 0 Å². The minimum atomic E-state index is -0.538. The van der Waals surface area contributed by atoms with Crippen LogP contribution in [-0.2, 0) is 0 Å². The molecule has 0 radical (unpaired) electrons. The molecule has 0 spiro atoms. The van der Waals surface area contributed by atoms with E-state index in [2.05, 4.69) is 4.90 Å². The normalized spacial score (nSPS) is 13.7. The minimum Gasteiger partial charge on any atom is -0.416 e. The smallest absolute Gasteiger partial charge is 0.344 e. The number of nitro benzene ring substituents is 1. The number of nitro groups is 1. The van der Waals surface area contributed by atoms with Crippen molar-refractivity contribution in [2.75, 3.05) is 31.1 Å². The van der Waals surface area contributed by atoms with Gasteiger partial charge in [-0.2, -0.15) is 0 Å². The van der Waals surface area contributed by atoms with E-state index in [0.29, 0.717) is 42.5 Å². The summed E-state index contributed by atoms with van der Waals surface area (Å²) in [5.74, 6) is -0.284. The molecular formula is C27H23N3O5. The molecule has 1 amide bonds. The first-order valence-electron chi connectivity index (χ1n) is 11.3. The highest BCUT2D eigenvalue weighted by Gasteiger charge is 2.28. The van der Waals surface area contributed by atoms with Gasteiger partial charge in [-0.15, -0.1) is 0 Å². The molecule has 4 aromatic rings. The van der Waals surface area contributed by atoms with E-state index in [1.807, 2.05) is 43.3 Å². The first-order valence-corrected chi connectivity index (χ1v) is 11.3. The van der Waals surface area contributed by atoms with Gasteiger partial charge in [0.15, 0.2) is 0 Å². The number of aryl methyl sites for hydroxylation is 1. The third-order valence-electron chi connectivity index (χ3n) is 6.37. The zero-order chi connectivity index (χ0) is 24.5. The molecule has 5 rings (SSSR count). The quantitative estimate of drug-likeness (QED) is 0.319. The Balaban J connectivity index is 1.45. The van der Waals surface area contributed by atoms with Gasteiger partial charge in [-0.25, -0.2) is 4.79 Å². The average Bonchev–Trinajstić information content (AvgIpc) is 2.89. The molecule has 1 aromatic heterocycles. The summed E-state index contributed by atoms with van der Waals surface area (Å²) in [6, 6.07) is 21.3. The monoisotopic (exact) mass is 469 g/mol. The second-order valence-electron chi connectivity index (χ2n) is 8.56. The molecule has 1 fully saturated rings. The molecule has 0 saturated carbocycles. The molecule has 0 N–H and O–H groups in total. The number of carbonyl (C=O) groups excluding carboxylic acids is 1. The van der Waals surface area contributed by atoms with Crippen LogP contribution in [0.1, 0.15) is 16.1 Å². The van der Waals surface area contributed by atoms with Gasteiger partial charge in [0.1, 0.15) is 0 Å². The summed E-state index contributed by atoms with van der Waals surface area (Å²) in [5, 5.41) is 12.0. The lowest BCUT2D eigenvalue weighted by Crippen LogP contribution is -2.49. The van der Waals surface area contributed by atoms with Gasteiger partial charge in [0, 0.05) is 54.9 Å². The van der Waals surface area contributed by atoms with E-state index >= 15 is 0 Å². The molecule has 8 nitrogen and oxygen atoms in total. The van der Waals surface area contributed by atoms with E-state index < -0.39 is 10.5 Å². The second-order valence-corrected chi connectivity index (χ2v) is 8.56. The number of amides is 1. The standard InChI is InChI=1S/C27H23N3O5/c1-18-6-8-19(9-7-18)24-22-4-2-3-5-23(22)27(32)35-25(24)26(31)29-16-14-28(15-17-29)20-10-12-21(13-11-20)30(33)34/h2-13H,14-17H2,1H3. The van der Waals surface area contributed by atoms with Crippen LogP contribution >= 0.6 is 0 Å². The van der Waals surface area contributed by atoms with Gasteiger partial charge in [0.05, 0.1) is 10.3 Å². The maximum absolute atomic E-state index is 13.6. The van der Waals surface area contributed by atoms with Crippen LogP contribution in [0.4, 0.5) is 11.4 Å². The van der Waals surface area contributed by atoms with Crippen LogP contribution in [0, 0.1) is 17.0 Å². The molecule has 0 atom stereocenters. The van der Waals surface area contributed by atoms with Crippen LogP contribution in [0.5, 0.6) is 0 Å². The SMILES string of the molecule is Cc1ccc(-c2c(C(=O)N3CCN(c4ccc([N+](=O)[O-])cc4)CC3)oc(=O)c3ccccc23)cc1.